The van der Waals surface area contributed by atoms with Crippen LogP contribution in [0.2, 0.25) is 0 Å². The highest BCUT2D eigenvalue weighted by molar-refractivity contribution is 6.38. The number of nitrogens with zero attached hydrogens (tertiary/aromatic N) is 1. The number of primary amides is 1. The number of carbonyl (C=O) groups is 3. The van der Waals surface area contributed by atoms with E-state index in [2.05, 4.69) is 10.5 Å². The van der Waals surface area contributed by atoms with Crippen LogP contribution in [0.15, 0.2) is 59.3 Å². The maximum atomic E-state index is 13.9. The molecule has 2 aromatic carbocycles. The van der Waals surface area contributed by atoms with Crippen LogP contribution in [-0.2, 0) is 16.0 Å². The first kappa shape index (κ1) is 19.9. The molecule has 1 aromatic heterocycles. The predicted octanol–water partition coefficient (Wildman–Crippen LogP) is 2.18. The smallest absolute Gasteiger partial charge is 0.287 e. The Morgan fingerprint density at radius 1 is 1.14 bits per heavy atom. The van der Waals surface area contributed by atoms with E-state index in [1.54, 1.807) is 43.3 Å². The van der Waals surface area contributed by atoms with Crippen molar-refractivity contribution in [1.29, 1.82) is 0 Å². The molecular formula is C21H18FN3O4. The van der Waals surface area contributed by atoms with Crippen LogP contribution in [0, 0.1) is 12.7 Å². The lowest BCUT2D eigenvalue weighted by Gasteiger charge is -2.16. The first-order valence-corrected chi connectivity index (χ1v) is 8.77. The number of benzene rings is 2. The number of hydrogen-bond acceptors (Lipinski definition) is 5. The molecule has 0 saturated carbocycles. The van der Waals surface area contributed by atoms with Gasteiger partial charge in [-0.3, -0.25) is 14.4 Å². The topological polar surface area (TPSA) is 115 Å². The van der Waals surface area contributed by atoms with E-state index < -0.39 is 29.5 Å². The molecule has 3 aromatic rings. The Balaban J connectivity index is 1.89. The molecule has 0 aliphatic rings. The molecule has 0 spiro atoms. The molecule has 0 aliphatic heterocycles. The maximum absolute atomic E-state index is 13.9. The largest absolute Gasteiger partial charge is 0.363 e. The van der Waals surface area contributed by atoms with E-state index in [1.165, 1.54) is 18.3 Å². The zero-order valence-corrected chi connectivity index (χ0v) is 15.5. The lowest BCUT2D eigenvalue weighted by molar-refractivity contribution is -0.137. The monoisotopic (exact) mass is 395 g/mol. The van der Waals surface area contributed by atoms with E-state index in [1.807, 2.05) is 0 Å². The number of Topliss-reactive ketones (excluding diaryl/α,β-unsaturated/α-hetero) is 1. The van der Waals surface area contributed by atoms with Crippen molar-refractivity contribution >= 4 is 17.6 Å². The maximum Gasteiger partial charge on any atom is 0.287 e. The highest BCUT2D eigenvalue weighted by Crippen LogP contribution is 2.28. The first-order valence-electron chi connectivity index (χ1n) is 8.77. The molecule has 8 heteroatoms. The molecule has 3 rings (SSSR count). The third-order valence-electron chi connectivity index (χ3n) is 4.47. The average molecular weight is 395 g/mol. The fourth-order valence-electron chi connectivity index (χ4n) is 2.92. The standard InChI is InChI=1S/C21H18FN3O4/c1-12-14(8-5-9-16(12)22)19-15(11-24-29-19)21(28)25-17(18(26)20(23)27)10-13-6-3-2-4-7-13/h2-9,11,17H,10H2,1H3,(H2,23,27)(H,25,28). The minimum atomic E-state index is -1.17. The van der Waals surface area contributed by atoms with Gasteiger partial charge in [0.15, 0.2) is 5.76 Å². The molecule has 0 aliphatic carbocycles. The summed E-state index contributed by atoms with van der Waals surface area (Å²) >= 11 is 0. The Bertz CT molecular complexity index is 1060. The van der Waals surface area contributed by atoms with Crippen LogP contribution in [0.4, 0.5) is 4.39 Å². The van der Waals surface area contributed by atoms with Gasteiger partial charge in [0, 0.05) is 12.0 Å². The highest BCUT2D eigenvalue weighted by Gasteiger charge is 2.28. The molecule has 3 N–H and O–H groups in total. The summed E-state index contributed by atoms with van der Waals surface area (Å²) in [5.41, 5.74) is 6.51. The molecule has 7 nitrogen and oxygen atoms in total. The summed E-state index contributed by atoms with van der Waals surface area (Å²) < 4.78 is 19.1. The lowest BCUT2D eigenvalue weighted by Crippen LogP contribution is -2.47. The molecule has 2 amide bonds. The Morgan fingerprint density at radius 2 is 1.86 bits per heavy atom. The molecule has 148 valence electrons. The van der Waals surface area contributed by atoms with Crippen molar-refractivity contribution in [1.82, 2.24) is 10.5 Å². The summed E-state index contributed by atoms with van der Waals surface area (Å²) in [6, 6.07) is 12.1. The summed E-state index contributed by atoms with van der Waals surface area (Å²) in [5, 5.41) is 6.14. The number of ketones is 1. The Hall–Kier alpha value is -3.81. The molecule has 0 fully saturated rings. The van der Waals surface area contributed by atoms with Gasteiger partial charge in [-0.2, -0.15) is 0 Å². The normalized spacial score (nSPS) is 11.7. The van der Waals surface area contributed by atoms with E-state index in [9.17, 15) is 18.8 Å². The van der Waals surface area contributed by atoms with Gasteiger partial charge in [0.2, 0.25) is 5.78 Å². The van der Waals surface area contributed by atoms with Crippen molar-refractivity contribution in [2.75, 3.05) is 0 Å². The number of halogens is 1. The quantitative estimate of drug-likeness (QED) is 0.595. The van der Waals surface area contributed by atoms with Crippen LogP contribution in [-0.4, -0.2) is 28.8 Å². The van der Waals surface area contributed by atoms with Gasteiger partial charge in [-0.25, -0.2) is 4.39 Å². The molecule has 0 radical (unpaired) electrons. The van der Waals surface area contributed by atoms with Crippen LogP contribution in [0.25, 0.3) is 11.3 Å². The Kier molecular flexibility index (Phi) is 5.82. The SMILES string of the molecule is Cc1c(F)cccc1-c1oncc1C(=O)NC(Cc1ccccc1)C(=O)C(N)=O. The van der Waals surface area contributed by atoms with Crippen LogP contribution in [0.1, 0.15) is 21.5 Å². The van der Waals surface area contributed by atoms with Crippen molar-refractivity contribution in [2.45, 2.75) is 19.4 Å². The van der Waals surface area contributed by atoms with E-state index in [-0.39, 0.29) is 23.3 Å². The molecule has 29 heavy (non-hydrogen) atoms. The average Bonchev–Trinajstić information content (AvgIpc) is 3.19. The van der Waals surface area contributed by atoms with Crippen molar-refractivity contribution in [2.24, 2.45) is 5.73 Å². The van der Waals surface area contributed by atoms with E-state index >= 15 is 0 Å². The molecule has 0 bridgehead atoms. The Labute approximate surface area is 165 Å². The third-order valence-corrected chi connectivity index (χ3v) is 4.47. The summed E-state index contributed by atoms with van der Waals surface area (Å²) in [7, 11) is 0. The van der Waals surface area contributed by atoms with Gasteiger partial charge in [0.1, 0.15) is 17.4 Å². The first-order chi connectivity index (χ1) is 13.9. The van der Waals surface area contributed by atoms with Gasteiger partial charge < -0.3 is 15.6 Å². The van der Waals surface area contributed by atoms with Crippen LogP contribution >= 0.6 is 0 Å². The highest BCUT2D eigenvalue weighted by atomic mass is 19.1. The van der Waals surface area contributed by atoms with Gasteiger partial charge in [-0.1, -0.05) is 47.6 Å². The van der Waals surface area contributed by atoms with Gasteiger partial charge in [0.05, 0.1) is 6.20 Å². The van der Waals surface area contributed by atoms with Crippen LogP contribution < -0.4 is 11.1 Å². The van der Waals surface area contributed by atoms with Gasteiger partial charge in [0.25, 0.3) is 11.8 Å². The van der Waals surface area contributed by atoms with Crippen LogP contribution in [0.3, 0.4) is 0 Å². The molecule has 0 saturated heterocycles. The summed E-state index contributed by atoms with van der Waals surface area (Å²) in [6.07, 6.45) is 1.25. The minimum absolute atomic E-state index is 0.00836. The van der Waals surface area contributed by atoms with Crippen molar-refractivity contribution < 1.29 is 23.3 Å². The zero-order valence-electron chi connectivity index (χ0n) is 15.5. The molecule has 1 unspecified atom stereocenters. The third kappa shape index (κ3) is 4.37. The van der Waals surface area contributed by atoms with E-state index in [0.717, 1.165) is 5.56 Å². The Morgan fingerprint density at radius 3 is 2.55 bits per heavy atom. The van der Waals surface area contributed by atoms with E-state index in [0.29, 0.717) is 5.56 Å². The van der Waals surface area contributed by atoms with Gasteiger partial charge in [-0.05, 0) is 24.1 Å². The number of amides is 2. The van der Waals surface area contributed by atoms with Crippen molar-refractivity contribution in [3.05, 3.63) is 77.2 Å². The number of aromatic nitrogens is 1. The van der Waals surface area contributed by atoms with Crippen LogP contribution in [0.5, 0.6) is 0 Å². The second kappa shape index (κ2) is 8.47. The predicted molar refractivity (Wildman–Crippen MR) is 102 cm³/mol. The van der Waals surface area contributed by atoms with Gasteiger partial charge >= 0.3 is 0 Å². The fraction of sp³-hybridized carbons (Fsp3) is 0.143. The number of nitrogens with two attached hydrogens (primary N) is 1. The van der Waals surface area contributed by atoms with Crippen molar-refractivity contribution in [3.63, 3.8) is 0 Å². The minimum Gasteiger partial charge on any atom is -0.363 e. The summed E-state index contributed by atoms with van der Waals surface area (Å²) in [6.45, 7) is 1.55. The van der Waals surface area contributed by atoms with Gasteiger partial charge in [-0.15, -0.1) is 0 Å². The number of nitrogens with one attached hydrogen (secondary N) is 1. The zero-order chi connectivity index (χ0) is 21.0. The molecule has 1 heterocycles. The fourth-order valence-corrected chi connectivity index (χ4v) is 2.92. The summed E-state index contributed by atoms with van der Waals surface area (Å²) in [5.74, 6) is -3.18. The number of hydrogen-bond donors (Lipinski definition) is 2. The van der Waals surface area contributed by atoms with E-state index in [4.69, 9.17) is 10.3 Å². The molecule has 1 atom stereocenters. The molecular weight excluding hydrogens is 377 g/mol. The second-order valence-electron chi connectivity index (χ2n) is 6.43. The number of carbonyl (C=O) groups excluding carboxylic acids is 3. The lowest BCUT2D eigenvalue weighted by atomic mass is 10.00. The summed E-state index contributed by atoms with van der Waals surface area (Å²) in [4.78, 5) is 36.5. The van der Waals surface area contributed by atoms with Crippen molar-refractivity contribution in [3.8, 4) is 11.3 Å². The second-order valence-corrected chi connectivity index (χ2v) is 6.43. The number of rotatable bonds is 7.